The highest BCUT2D eigenvalue weighted by molar-refractivity contribution is 6.29. The summed E-state index contributed by atoms with van der Waals surface area (Å²) in [6, 6.07) is 8.91. The molecular formula is C14H12ClNO4. The number of fused-ring (bicyclic) bond motifs is 1. The van der Waals surface area contributed by atoms with Gasteiger partial charge in [-0.15, -0.1) is 11.6 Å². The molecular weight excluding hydrogens is 282 g/mol. The summed E-state index contributed by atoms with van der Waals surface area (Å²) in [4.78, 5) is 13.6. The Morgan fingerprint density at radius 1 is 1.25 bits per heavy atom. The van der Waals surface area contributed by atoms with Crippen molar-refractivity contribution in [3.63, 3.8) is 0 Å². The fourth-order valence-corrected chi connectivity index (χ4v) is 2.15. The first-order chi connectivity index (χ1) is 9.78. The highest BCUT2D eigenvalue weighted by atomic mass is 35.5. The summed E-state index contributed by atoms with van der Waals surface area (Å²) in [5.74, 6) is 1.66. The van der Waals surface area contributed by atoms with Crippen LogP contribution in [-0.4, -0.2) is 18.6 Å². The zero-order valence-corrected chi connectivity index (χ0v) is 11.3. The molecule has 0 bridgehead atoms. The number of ether oxygens (including phenoxy) is 2. The number of rotatable bonds is 4. The number of alkyl halides is 1. The molecule has 0 spiro atoms. The van der Waals surface area contributed by atoms with Crippen molar-refractivity contribution < 1.29 is 18.7 Å². The number of nitrogens with zero attached hydrogens (tertiary/aromatic N) is 1. The van der Waals surface area contributed by atoms with Gasteiger partial charge < -0.3 is 18.8 Å². The van der Waals surface area contributed by atoms with Crippen LogP contribution in [0.15, 0.2) is 41.0 Å². The monoisotopic (exact) mass is 293 g/mol. The van der Waals surface area contributed by atoms with Crippen molar-refractivity contribution in [1.29, 1.82) is 0 Å². The minimum absolute atomic E-state index is 0.102. The first-order valence-electron chi connectivity index (χ1n) is 6.06. The first-order valence-corrected chi connectivity index (χ1v) is 6.60. The smallest absolute Gasteiger partial charge is 0.242 e. The number of anilines is 1. The van der Waals surface area contributed by atoms with E-state index < -0.39 is 0 Å². The van der Waals surface area contributed by atoms with E-state index >= 15 is 0 Å². The molecule has 6 heteroatoms. The Hall–Kier alpha value is -2.14. The van der Waals surface area contributed by atoms with E-state index in [1.54, 1.807) is 35.4 Å². The van der Waals surface area contributed by atoms with Gasteiger partial charge in [-0.1, -0.05) is 0 Å². The minimum Gasteiger partial charge on any atom is -0.467 e. The number of amides is 1. The molecule has 1 amide bonds. The van der Waals surface area contributed by atoms with E-state index in [9.17, 15) is 4.79 Å². The lowest BCUT2D eigenvalue weighted by Gasteiger charge is -2.21. The average molecular weight is 294 g/mol. The van der Waals surface area contributed by atoms with E-state index in [0.717, 1.165) is 0 Å². The Kier molecular flexibility index (Phi) is 3.52. The second-order valence-corrected chi connectivity index (χ2v) is 4.50. The Morgan fingerprint density at radius 2 is 2.10 bits per heavy atom. The maximum Gasteiger partial charge on any atom is 0.242 e. The van der Waals surface area contributed by atoms with Crippen LogP contribution in [0.2, 0.25) is 0 Å². The van der Waals surface area contributed by atoms with Gasteiger partial charge in [0.2, 0.25) is 12.7 Å². The standard InChI is InChI=1S/C14H12ClNO4/c15-7-14(17)16(8-11-2-1-5-18-11)10-3-4-12-13(6-10)20-9-19-12/h1-6H,7-9H2. The summed E-state index contributed by atoms with van der Waals surface area (Å²) < 4.78 is 15.9. The van der Waals surface area contributed by atoms with Crippen LogP contribution in [-0.2, 0) is 11.3 Å². The predicted molar refractivity (Wildman–Crippen MR) is 73.2 cm³/mol. The molecule has 1 aromatic heterocycles. The molecule has 0 aliphatic carbocycles. The number of halogens is 1. The number of benzene rings is 1. The SMILES string of the molecule is O=C(CCl)N(Cc1ccco1)c1ccc2c(c1)OCO2. The molecule has 0 atom stereocenters. The van der Waals surface area contributed by atoms with Gasteiger partial charge in [-0.05, 0) is 24.3 Å². The van der Waals surface area contributed by atoms with Gasteiger partial charge in [0.1, 0.15) is 11.6 Å². The van der Waals surface area contributed by atoms with Crippen molar-refractivity contribution in [2.75, 3.05) is 17.6 Å². The summed E-state index contributed by atoms with van der Waals surface area (Å²) in [6.07, 6.45) is 1.57. The highest BCUT2D eigenvalue weighted by Crippen LogP contribution is 2.36. The third-order valence-corrected chi connectivity index (χ3v) is 3.21. The lowest BCUT2D eigenvalue weighted by atomic mass is 10.2. The van der Waals surface area contributed by atoms with Crippen LogP contribution >= 0.6 is 11.6 Å². The third-order valence-electron chi connectivity index (χ3n) is 2.98. The molecule has 0 N–H and O–H groups in total. The molecule has 3 rings (SSSR count). The van der Waals surface area contributed by atoms with Gasteiger partial charge >= 0.3 is 0 Å². The normalized spacial score (nSPS) is 12.4. The number of carbonyl (C=O) groups is 1. The van der Waals surface area contributed by atoms with Gasteiger partial charge in [0, 0.05) is 11.8 Å². The minimum atomic E-state index is -0.207. The summed E-state index contributed by atoms with van der Waals surface area (Å²) in [6.45, 7) is 0.513. The lowest BCUT2D eigenvalue weighted by molar-refractivity contribution is -0.116. The maximum atomic E-state index is 12.0. The fourth-order valence-electron chi connectivity index (χ4n) is 2.01. The summed E-state index contributed by atoms with van der Waals surface area (Å²) in [7, 11) is 0. The topological polar surface area (TPSA) is 51.9 Å². The van der Waals surface area contributed by atoms with Gasteiger partial charge in [-0.3, -0.25) is 4.79 Å². The molecule has 1 aromatic carbocycles. The number of carbonyl (C=O) groups excluding carboxylic acids is 1. The molecule has 104 valence electrons. The maximum absolute atomic E-state index is 12.0. The molecule has 2 aromatic rings. The quantitative estimate of drug-likeness (QED) is 0.813. The second kappa shape index (κ2) is 5.46. The molecule has 0 fully saturated rings. The van der Waals surface area contributed by atoms with Crippen molar-refractivity contribution in [3.8, 4) is 11.5 Å². The largest absolute Gasteiger partial charge is 0.467 e. The second-order valence-electron chi connectivity index (χ2n) is 4.23. The van der Waals surface area contributed by atoms with Crippen LogP contribution < -0.4 is 14.4 Å². The van der Waals surface area contributed by atoms with E-state index in [2.05, 4.69) is 0 Å². The van der Waals surface area contributed by atoms with Gasteiger partial charge in [0.05, 0.1) is 12.8 Å². The van der Waals surface area contributed by atoms with Gasteiger partial charge in [-0.2, -0.15) is 0 Å². The van der Waals surface area contributed by atoms with E-state index in [1.807, 2.05) is 6.07 Å². The number of hydrogen-bond donors (Lipinski definition) is 0. The van der Waals surface area contributed by atoms with E-state index in [1.165, 1.54) is 0 Å². The molecule has 0 saturated heterocycles. The molecule has 0 unspecified atom stereocenters. The average Bonchev–Trinajstić information content (AvgIpc) is 3.14. The van der Waals surface area contributed by atoms with E-state index in [4.69, 9.17) is 25.5 Å². The number of hydrogen-bond acceptors (Lipinski definition) is 4. The van der Waals surface area contributed by atoms with Gasteiger partial charge in [0.15, 0.2) is 11.5 Å². The summed E-state index contributed by atoms with van der Waals surface area (Å²) in [5.41, 5.74) is 0.691. The fraction of sp³-hybridized carbons (Fsp3) is 0.214. The van der Waals surface area contributed by atoms with Crippen molar-refractivity contribution >= 4 is 23.2 Å². The molecule has 2 heterocycles. The lowest BCUT2D eigenvalue weighted by Crippen LogP contribution is -2.31. The van der Waals surface area contributed by atoms with Crippen molar-refractivity contribution in [3.05, 3.63) is 42.4 Å². The van der Waals surface area contributed by atoms with Crippen LogP contribution in [0.4, 0.5) is 5.69 Å². The van der Waals surface area contributed by atoms with E-state index in [0.29, 0.717) is 29.5 Å². The zero-order chi connectivity index (χ0) is 13.9. The Labute approximate surface area is 120 Å². The van der Waals surface area contributed by atoms with Crippen LogP contribution in [0.25, 0.3) is 0 Å². The molecule has 0 radical (unpaired) electrons. The highest BCUT2D eigenvalue weighted by Gasteiger charge is 2.20. The van der Waals surface area contributed by atoms with Crippen molar-refractivity contribution in [2.24, 2.45) is 0 Å². The first kappa shape index (κ1) is 12.9. The number of furan rings is 1. The zero-order valence-electron chi connectivity index (χ0n) is 10.5. The van der Waals surface area contributed by atoms with Crippen LogP contribution in [0.5, 0.6) is 11.5 Å². The van der Waals surface area contributed by atoms with Gasteiger partial charge in [-0.25, -0.2) is 0 Å². The van der Waals surface area contributed by atoms with Crippen LogP contribution in [0.3, 0.4) is 0 Å². The Bertz CT molecular complexity index is 612. The van der Waals surface area contributed by atoms with Crippen LogP contribution in [0, 0.1) is 0 Å². The van der Waals surface area contributed by atoms with Crippen molar-refractivity contribution in [1.82, 2.24) is 0 Å². The molecule has 1 aliphatic rings. The van der Waals surface area contributed by atoms with Crippen LogP contribution in [0.1, 0.15) is 5.76 Å². The van der Waals surface area contributed by atoms with Gasteiger partial charge in [0.25, 0.3) is 0 Å². The molecule has 0 saturated carbocycles. The summed E-state index contributed by atoms with van der Waals surface area (Å²) in [5, 5.41) is 0. The third kappa shape index (κ3) is 2.44. The Balaban J connectivity index is 1.90. The Morgan fingerprint density at radius 3 is 2.85 bits per heavy atom. The van der Waals surface area contributed by atoms with Crippen molar-refractivity contribution in [2.45, 2.75) is 6.54 Å². The molecule has 1 aliphatic heterocycles. The molecule has 5 nitrogen and oxygen atoms in total. The predicted octanol–water partition coefficient (Wildman–Crippen LogP) is 2.78. The summed E-state index contributed by atoms with van der Waals surface area (Å²) >= 11 is 5.68. The molecule has 20 heavy (non-hydrogen) atoms. The van der Waals surface area contributed by atoms with E-state index in [-0.39, 0.29) is 18.6 Å².